The Morgan fingerprint density at radius 1 is 1.50 bits per heavy atom. The summed E-state index contributed by atoms with van der Waals surface area (Å²) in [5, 5.41) is 0. The maximum atomic E-state index is 11.9. The quantitative estimate of drug-likeness (QED) is 0.753. The molecular formula is C14H18N2O2. The van der Waals surface area contributed by atoms with Crippen LogP contribution in [0.1, 0.15) is 26.0 Å². The van der Waals surface area contributed by atoms with E-state index in [1.165, 1.54) is 7.11 Å². The lowest BCUT2D eigenvalue weighted by Crippen LogP contribution is -2.25. The van der Waals surface area contributed by atoms with Gasteiger partial charge in [0.2, 0.25) is 0 Å². The number of aryl methyl sites for hydroxylation is 1. The second-order valence-electron chi connectivity index (χ2n) is 5.15. The van der Waals surface area contributed by atoms with Gasteiger partial charge in [0, 0.05) is 23.0 Å². The first-order valence-electron chi connectivity index (χ1n) is 5.96. The number of esters is 1. The van der Waals surface area contributed by atoms with Crippen LogP contribution in [0.3, 0.4) is 0 Å². The van der Waals surface area contributed by atoms with E-state index < -0.39 is 0 Å². The van der Waals surface area contributed by atoms with Gasteiger partial charge in [0.05, 0.1) is 19.0 Å². The van der Waals surface area contributed by atoms with Crippen molar-refractivity contribution in [3.8, 4) is 0 Å². The lowest BCUT2D eigenvalue weighted by molar-refractivity contribution is -0.135. The molecule has 18 heavy (non-hydrogen) atoms. The maximum absolute atomic E-state index is 11.9. The first-order valence-corrected chi connectivity index (χ1v) is 5.96. The monoisotopic (exact) mass is 246 g/mol. The third-order valence-electron chi connectivity index (χ3n) is 3.28. The van der Waals surface area contributed by atoms with Crippen molar-refractivity contribution in [1.82, 2.24) is 9.55 Å². The van der Waals surface area contributed by atoms with Crippen LogP contribution < -0.4 is 0 Å². The number of hydrogen-bond acceptors (Lipinski definition) is 3. The number of carbonyl (C=O) groups is 1. The van der Waals surface area contributed by atoms with Crippen molar-refractivity contribution in [3.63, 3.8) is 0 Å². The summed E-state index contributed by atoms with van der Waals surface area (Å²) in [6.45, 7) is 6.21. The van der Waals surface area contributed by atoms with Gasteiger partial charge in [-0.25, -0.2) is 9.78 Å². The first-order chi connectivity index (χ1) is 8.47. The molecule has 0 fully saturated rings. The molecule has 0 atom stereocenters. The molecule has 1 aromatic heterocycles. The molecule has 0 N–H and O–H groups in total. The number of hydrogen-bond donors (Lipinski definition) is 0. The van der Waals surface area contributed by atoms with Crippen molar-refractivity contribution >= 4 is 11.7 Å². The Morgan fingerprint density at radius 3 is 2.78 bits per heavy atom. The smallest absolute Gasteiger partial charge is 0.339 e. The Labute approximate surface area is 107 Å². The molecule has 0 aromatic carbocycles. The van der Waals surface area contributed by atoms with E-state index in [0.717, 1.165) is 17.8 Å². The van der Waals surface area contributed by atoms with E-state index in [9.17, 15) is 4.79 Å². The number of imidazole rings is 1. The summed E-state index contributed by atoms with van der Waals surface area (Å²) in [5.41, 5.74) is 2.44. The minimum Gasteiger partial charge on any atom is -0.465 e. The molecule has 1 heterocycles. The lowest BCUT2D eigenvalue weighted by atomic mass is 9.79. The van der Waals surface area contributed by atoms with Gasteiger partial charge in [-0.05, 0) is 19.4 Å². The molecule has 0 bridgehead atoms. The Balaban J connectivity index is 2.66. The summed E-state index contributed by atoms with van der Waals surface area (Å²) in [4.78, 5) is 16.0. The average molecular weight is 246 g/mol. The van der Waals surface area contributed by atoms with Gasteiger partial charge in [0.15, 0.2) is 0 Å². The molecule has 0 unspecified atom stereocenters. The van der Waals surface area contributed by atoms with Crippen molar-refractivity contribution in [3.05, 3.63) is 35.9 Å². The number of carbonyl (C=O) groups excluding carboxylic acids is 1. The van der Waals surface area contributed by atoms with Crippen LogP contribution in [0.4, 0.5) is 0 Å². The predicted octanol–water partition coefficient (Wildman–Crippen LogP) is 2.56. The standard InChI is InChI=1S/C14H18N2O2/c1-10-8-15-9-16(10)12-11(13(17)18-4)6-5-7-14(12,2)3/h5-6,8-9H,7H2,1-4H3. The molecule has 0 aliphatic heterocycles. The van der Waals surface area contributed by atoms with E-state index in [1.807, 2.05) is 23.6 Å². The number of methoxy groups -OCH3 is 1. The topological polar surface area (TPSA) is 44.1 Å². The number of rotatable bonds is 2. The highest BCUT2D eigenvalue weighted by molar-refractivity contribution is 5.99. The Kier molecular flexibility index (Phi) is 3.11. The van der Waals surface area contributed by atoms with Gasteiger partial charge in [-0.1, -0.05) is 19.9 Å². The summed E-state index contributed by atoms with van der Waals surface area (Å²) < 4.78 is 6.84. The average Bonchev–Trinajstić information content (AvgIpc) is 2.72. The van der Waals surface area contributed by atoms with Crippen LogP contribution in [0.15, 0.2) is 30.2 Å². The highest BCUT2D eigenvalue weighted by atomic mass is 16.5. The minimum absolute atomic E-state index is 0.121. The van der Waals surface area contributed by atoms with Gasteiger partial charge in [-0.2, -0.15) is 0 Å². The largest absolute Gasteiger partial charge is 0.465 e. The van der Waals surface area contributed by atoms with Crippen LogP contribution in [0, 0.1) is 12.3 Å². The molecule has 1 aliphatic carbocycles. The third kappa shape index (κ3) is 1.98. The number of nitrogens with zero attached hydrogens (tertiary/aromatic N) is 2. The predicted molar refractivity (Wildman–Crippen MR) is 69.7 cm³/mol. The van der Waals surface area contributed by atoms with Crippen molar-refractivity contribution in [2.24, 2.45) is 5.41 Å². The van der Waals surface area contributed by atoms with E-state index >= 15 is 0 Å². The summed E-state index contributed by atoms with van der Waals surface area (Å²) in [5.74, 6) is -0.304. The van der Waals surface area contributed by atoms with Gasteiger partial charge in [0.1, 0.15) is 0 Å². The van der Waals surface area contributed by atoms with Gasteiger partial charge < -0.3 is 9.30 Å². The van der Waals surface area contributed by atoms with E-state index in [-0.39, 0.29) is 11.4 Å². The van der Waals surface area contributed by atoms with Crippen molar-refractivity contribution in [1.29, 1.82) is 0 Å². The highest BCUT2D eigenvalue weighted by Gasteiger charge is 2.32. The van der Waals surface area contributed by atoms with Gasteiger partial charge in [-0.3, -0.25) is 0 Å². The molecule has 4 heteroatoms. The first kappa shape index (κ1) is 12.6. The Morgan fingerprint density at radius 2 is 2.22 bits per heavy atom. The van der Waals surface area contributed by atoms with Crippen molar-refractivity contribution < 1.29 is 9.53 Å². The van der Waals surface area contributed by atoms with E-state index in [1.54, 1.807) is 12.5 Å². The number of ether oxygens (including phenoxy) is 1. The fourth-order valence-electron chi connectivity index (χ4n) is 2.34. The molecule has 96 valence electrons. The van der Waals surface area contributed by atoms with E-state index in [2.05, 4.69) is 18.8 Å². The fourth-order valence-corrected chi connectivity index (χ4v) is 2.34. The van der Waals surface area contributed by atoms with Gasteiger partial charge >= 0.3 is 5.97 Å². The highest BCUT2D eigenvalue weighted by Crippen LogP contribution is 2.40. The normalized spacial score (nSPS) is 18.0. The second kappa shape index (κ2) is 4.44. The molecule has 0 radical (unpaired) electrons. The summed E-state index contributed by atoms with van der Waals surface area (Å²) in [6, 6.07) is 0. The molecule has 1 aliphatic rings. The Bertz CT molecular complexity index is 536. The van der Waals surface area contributed by atoms with Crippen molar-refractivity contribution in [2.45, 2.75) is 27.2 Å². The lowest BCUT2D eigenvalue weighted by Gasteiger charge is -2.32. The van der Waals surface area contributed by atoms with Gasteiger partial charge in [-0.15, -0.1) is 0 Å². The van der Waals surface area contributed by atoms with E-state index in [4.69, 9.17) is 4.74 Å². The van der Waals surface area contributed by atoms with Crippen LogP contribution in [-0.2, 0) is 9.53 Å². The molecule has 4 nitrogen and oxygen atoms in total. The van der Waals surface area contributed by atoms with Crippen LogP contribution >= 0.6 is 0 Å². The molecular weight excluding hydrogens is 228 g/mol. The molecule has 1 aromatic rings. The van der Waals surface area contributed by atoms with Gasteiger partial charge in [0.25, 0.3) is 0 Å². The zero-order chi connectivity index (χ0) is 13.3. The van der Waals surface area contributed by atoms with Crippen molar-refractivity contribution in [2.75, 3.05) is 7.11 Å². The van der Waals surface area contributed by atoms with Crippen LogP contribution in [-0.4, -0.2) is 22.6 Å². The Hall–Kier alpha value is -1.84. The summed E-state index contributed by atoms with van der Waals surface area (Å²) in [7, 11) is 1.41. The molecule has 2 rings (SSSR count). The summed E-state index contributed by atoms with van der Waals surface area (Å²) >= 11 is 0. The maximum Gasteiger partial charge on any atom is 0.339 e. The molecule has 0 saturated carbocycles. The fraction of sp³-hybridized carbons (Fsp3) is 0.429. The van der Waals surface area contributed by atoms with Crippen LogP contribution in [0.25, 0.3) is 5.70 Å². The SMILES string of the molecule is COC(=O)C1=C(n2cncc2C)C(C)(C)CC=C1. The third-order valence-corrected chi connectivity index (χ3v) is 3.28. The molecule has 0 saturated heterocycles. The zero-order valence-corrected chi connectivity index (χ0v) is 11.2. The number of allylic oxidation sites excluding steroid dienone is 2. The number of aromatic nitrogens is 2. The second-order valence-corrected chi connectivity index (χ2v) is 5.15. The van der Waals surface area contributed by atoms with Crippen LogP contribution in [0.5, 0.6) is 0 Å². The van der Waals surface area contributed by atoms with Crippen LogP contribution in [0.2, 0.25) is 0 Å². The molecule has 0 amide bonds. The summed E-state index contributed by atoms with van der Waals surface area (Å²) in [6.07, 6.45) is 8.28. The molecule has 0 spiro atoms. The van der Waals surface area contributed by atoms with E-state index in [0.29, 0.717) is 5.57 Å². The minimum atomic E-state index is -0.304. The zero-order valence-electron chi connectivity index (χ0n) is 11.2.